The van der Waals surface area contributed by atoms with E-state index in [4.69, 9.17) is 16.0 Å². The second-order valence-corrected chi connectivity index (χ2v) is 9.07. The van der Waals surface area contributed by atoms with Crippen LogP contribution in [0.15, 0.2) is 70.0 Å². The third-order valence-electron chi connectivity index (χ3n) is 5.22. The number of furan rings is 1. The van der Waals surface area contributed by atoms with E-state index in [1.54, 1.807) is 53.4 Å². The molecular weight excluding hydrogens is 454 g/mol. The minimum atomic E-state index is -1.38. The topological polar surface area (TPSA) is 96.9 Å². The van der Waals surface area contributed by atoms with Crippen LogP contribution in [-0.4, -0.2) is 46.1 Å². The number of hydrogen-bond donors (Lipinski definition) is 0. The Bertz CT molecular complexity index is 1160. The molecule has 0 N–H and O–H groups in total. The van der Waals surface area contributed by atoms with E-state index < -0.39 is 15.7 Å². The van der Waals surface area contributed by atoms with Crippen LogP contribution in [0, 0.1) is 10.1 Å². The number of nitro benzene ring substituents is 1. The molecule has 1 atom stereocenters. The smallest absolute Gasteiger partial charge is 0.289 e. The zero-order valence-electron chi connectivity index (χ0n) is 17.0. The Labute approximate surface area is 192 Å². The molecule has 3 aromatic rings. The number of nitro groups is 1. The average Bonchev–Trinajstić information content (AvgIpc) is 3.27. The highest BCUT2D eigenvalue weighted by molar-refractivity contribution is 7.84. The highest BCUT2D eigenvalue weighted by atomic mass is 35.5. The van der Waals surface area contributed by atoms with Gasteiger partial charge in [0.15, 0.2) is 5.76 Å². The molecule has 1 aliphatic heterocycles. The Kier molecular flexibility index (Phi) is 6.57. The first-order valence-electron chi connectivity index (χ1n) is 9.92. The molecule has 0 spiro atoms. The minimum Gasteiger partial charge on any atom is -0.455 e. The lowest BCUT2D eigenvalue weighted by atomic mass is 10.2. The number of anilines is 1. The molecule has 0 aliphatic carbocycles. The predicted octanol–water partition coefficient (Wildman–Crippen LogP) is 4.11. The molecule has 1 aliphatic rings. The van der Waals surface area contributed by atoms with Gasteiger partial charge in [0, 0.05) is 44.0 Å². The first kappa shape index (κ1) is 22.0. The van der Waals surface area contributed by atoms with Gasteiger partial charge in [0.25, 0.3) is 11.6 Å². The van der Waals surface area contributed by atoms with E-state index >= 15 is 0 Å². The van der Waals surface area contributed by atoms with Gasteiger partial charge in [-0.2, -0.15) is 0 Å². The summed E-state index contributed by atoms with van der Waals surface area (Å²) in [6.45, 7) is 2.20. The van der Waals surface area contributed by atoms with Gasteiger partial charge < -0.3 is 14.2 Å². The normalized spacial score (nSPS) is 14.9. The molecule has 1 saturated heterocycles. The van der Waals surface area contributed by atoms with Crippen LogP contribution < -0.4 is 4.90 Å². The fourth-order valence-electron chi connectivity index (χ4n) is 3.52. The van der Waals surface area contributed by atoms with Crippen molar-refractivity contribution in [3.05, 3.63) is 87.3 Å². The molecule has 10 heteroatoms. The molecule has 8 nitrogen and oxygen atoms in total. The molecular formula is C22H20ClN3O5S. The summed E-state index contributed by atoms with van der Waals surface area (Å²) in [6.07, 6.45) is 0. The zero-order valence-corrected chi connectivity index (χ0v) is 18.6. The molecule has 1 amide bonds. The van der Waals surface area contributed by atoms with Crippen LogP contribution in [-0.2, 0) is 16.6 Å². The fraction of sp³-hybridized carbons (Fsp3) is 0.227. The van der Waals surface area contributed by atoms with Crippen molar-refractivity contribution in [1.29, 1.82) is 0 Å². The number of benzene rings is 2. The van der Waals surface area contributed by atoms with Gasteiger partial charge in [-0.1, -0.05) is 23.7 Å². The van der Waals surface area contributed by atoms with Crippen molar-refractivity contribution in [1.82, 2.24) is 4.90 Å². The molecule has 2 aromatic carbocycles. The predicted molar refractivity (Wildman–Crippen MR) is 121 cm³/mol. The summed E-state index contributed by atoms with van der Waals surface area (Å²) in [7, 11) is -1.38. The monoisotopic (exact) mass is 473 g/mol. The van der Waals surface area contributed by atoms with Crippen molar-refractivity contribution >= 4 is 39.7 Å². The SMILES string of the molecule is O=C(c1ccc(CS(=O)c2ccccc2Cl)o1)N1CCN(c2ccc([N+](=O)[O-])cc2)CC1. The van der Waals surface area contributed by atoms with Crippen LogP contribution in [0.2, 0.25) is 5.02 Å². The lowest BCUT2D eigenvalue weighted by Gasteiger charge is -2.35. The number of non-ortho nitro benzene ring substituents is 1. The van der Waals surface area contributed by atoms with Crippen molar-refractivity contribution in [2.45, 2.75) is 10.6 Å². The third kappa shape index (κ3) is 4.84. The van der Waals surface area contributed by atoms with Crippen LogP contribution in [0.4, 0.5) is 11.4 Å². The van der Waals surface area contributed by atoms with E-state index in [1.807, 2.05) is 0 Å². The second-order valence-electron chi connectivity index (χ2n) is 7.24. The fourth-order valence-corrected chi connectivity index (χ4v) is 4.99. The molecule has 1 aromatic heterocycles. The maximum atomic E-state index is 12.8. The third-order valence-corrected chi connectivity index (χ3v) is 7.06. The maximum absolute atomic E-state index is 12.8. The summed E-state index contributed by atoms with van der Waals surface area (Å²) in [6, 6.07) is 16.6. The van der Waals surface area contributed by atoms with Crippen LogP contribution in [0.1, 0.15) is 16.3 Å². The van der Waals surface area contributed by atoms with Crippen LogP contribution in [0.25, 0.3) is 0 Å². The largest absolute Gasteiger partial charge is 0.455 e. The number of nitrogens with zero attached hydrogens (tertiary/aromatic N) is 3. The summed E-state index contributed by atoms with van der Waals surface area (Å²) in [5.41, 5.74) is 0.927. The number of halogens is 1. The Morgan fingerprint density at radius 2 is 1.72 bits per heavy atom. The Morgan fingerprint density at radius 1 is 1.03 bits per heavy atom. The first-order valence-corrected chi connectivity index (χ1v) is 11.6. The van der Waals surface area contributed by atoms with Crippen LogP contribution in [0.3, 0.4) is 0 Å². The van der Waals surface area contributed by atoms with Crippen molar-refractivity contribution in [3.8, 4) is 0 Å². The summed E-state index contributed by atoms with van der Waals surface area (Å²) < 4.78 is 18.2. The van der Waals surface area contributed by atoms with E-state index in [-0.39, 0.29) is 23.1 Å². The lowest BCUT2D eigenvalue weighted by molar-refractivity contribution is -0.384. The van der Waals surface area contributed by atoms with Gasteiger partial charge in [-0.25, -0.2) is 0 Å². The summed E-state index contributed by atoms with van der Waals surface area (Å²) in [4.78, 5) is 27.5. The van der Waals surface area contributed by atoms with Gasteiger partial charge in [0.2, 0.25) is 0 Å². The van der Waals surface area contributed by atoms with Crippen LogP contribution in [0.5, 0.6) is 0 Å². The first-order chi connectivity index (χ1) is 15.4. The molecule has 2 heterocycles. The summed E-state index contributed by atoms with van der Waals surface area (Å²) in [5, 5.41) is 11.2. The van der Waals surface area contributed by atoms with Crippen molar-refractivity contribution in [2.24, 2.45) is 0 Å². The van der Waals surface area contributed by atoms with Crippen LogP contribution >= 0.6 is 11.6 Å². The quantitative estimate of drug-likeness (QED) is 0.394. The number of piperazine rings is 1. The Balaban J connectivity index is 1.35. The summed E-state index contributed by atoms with van der Waals surface area (Å²) in [5.74, 6) is 0.574. The molecule has 0 bridgehead atoms. The number of rotatable bonds is 6. The molecule has 166 valence electrons. The second kappa shape index (κ2) is 9.54. The number of amides is 1. The molecule has 0 saturated carbocycles. The van der Waals surface area contributed by atoms with Gasteiger partial charge in [-0.3, -0.25) is 19.1 Å². The minimum absolute atomic E-state index is 0.0478. The number of carbonyl (C=O) groups is 1. The van der Waals surface area contributed by atoms with E-state index in [0.717, 1.165) is 5.69 Å². The van der Waals surface area contributed by atoms with Crippen molar-refractivity contribution < 1.29 is 18.3 Å². The molecule has 4 rings (SSSR count). The van der Waals surface area contributed by atoms with Gasteiger partial charge >= 0.3 is 0 Å². The van der Waals surface area contributed by atoms with E-state index in [9.17, 15) is 19.1 Å². The van der Waals surface area contributed by atoms with Gasteiger partial charge in [0.05, 0.1) is 31.4 Å². The highest BCUT2D eigenvalue weighted by Gasteiger charge is 2.25. The van der Waals surface area contributed by atoms with E-state index in [0.29, 0.717) is 41.9 Å². The lowest BCUT2D eigenvalue weighted by Crippen LogP contribution is -2.48. The maximum Gasteiger partial charge on any atom is 0.289 e. The van der Waals surface area contributed by atoms with Crippen molar-refractivity contribution in [3.63, 3.8) is 0 Å². The molecule has 0 radical (unpaired) electrons. The molecule has 1 unspecified atom stereocenters. The van der Waals surface area contributed by atoms with E-state index in [1.165, 1.54) is 12.1 Å². The Hall–Kier alpha value is -3.17. The highest BCUT2D eigenvalue weighted by Crippen LogP contribution is 2.24. The number of hydrogen-bond acceptors (Lipinski definition) is 6. The van der Waals surface area contributed by atoms with E-state index in [2.05, 4.69) is 4.90 Å². The van der Waals surface area contributed by atoms with Gasteiger partial charge in [-0.05, 0) is 36.4 Å². The summed E-state index contributed by atoms with van der Waals surface area (Å²) >= 11 is 6.10. The van der Waals surface area contributed by atoms with Gasteiger partial charge in [0.1, 0.15) is 5.76 Å². The van der Waals surface area contributed by atoms with Crippen molar-refractivity contribution in [2.75, 3.05) is 31.1 Å². The Morgan fingerprint density at radius 3 is 2.38 bits per heavy atom. The number of carbonyl (C=O) groups excluding carboxylic acids is 1. The van der Waals surface area contributed by atoms with Gasteiger partial charge in [-0.15, -0.1) is 0 Å². The standard InChI is InChI=1S/C22H20ClN3O5S/c23-19-3-1-2-4-21(19)32(30)15-18-9-10-20(31-18)22(27)25-13-11-24(12-14-25)16-5-7-17(8-6-16)26(28)29/h1-10H,11-15H2. The molecule has 1 fully saturated rings. The molecule has 32 heavy (non-hydrogen) atoms. The zero-order chi connectivity index (χ0) is 22.7. The average molecular weight is 474 g/mol.